The van der Waals surface area contributed by atoms with Crippen molar-refractivity contribution in [2.75, 3.05) is 5.75 Å². The fourth-order valence-electron chi connectivity index (χ4n) is 0.257. The van der Waals surface area contributed by atoms with Gasteiger partial charge in [-0.15, -0.1) is 0 Å². The van der Waals surface area contributed by atoms with Crippen LogP contribution in [0.5, 0.6) is 0 Å². The van der Waals surface area contributed by atoms with Crippen LogP contribution < -0.4 is 0 Å². The van der Waals surface area contributed by atoms with Crippen molar-refractivity contribution in [2.24, 2.45) is 0 Å². The first kappa shape index (κ1) is 12.5. The van der Waals surface area contributed by atoms with Crippen LogP contribution in [0.2, 0.25) is 0 Å². The van der Waals surface area contributed by atoms with Crippen LogP contribution in [0.15, 0.2) is 0 Å². The molecule has 0 unspecified atom stereocenters. The third-order valence-corrected chi connectivity index (χ3v) is 1.16. The number of ketones is 1. The predicted octanol–water partition coefficient (Wildman–Crippen LogP) is -1.45. The molecule has 0 amide bonds. The van der Waals surface area contributed by atoms with Crippen molar-refractivity contribution in [3.05, 3.63) is 0 Å². The molecule has 0 bridgehead atoms. The van der Waals surface area contributed by atoms with E-state index in [-0.39, 0.29) is 37.7 Å². The van der Waals surface area contributed by atoms with Gasteiger partial charge >= 0.3 is 37.7 Å². The molecule has 0 spiro atoms. The zero-order valence-corrected chi connectivity index (χ0v) is 5.10. The minimum atomic E-state index is -4.07. The Hall–Kier alpha value is 0.840. The molecule has 0 rings (SSSR count). The Morgan fingerprint density at radius 3 is 1.89 bits per heavy atom. The van der Waals surface area contributed by atoms with Crippen LogP contribution in [0.4, 0.5) is 0 Å². The summed E-state index contributed by atoms with van der Waals surface area (Å²) < 4.78 is 27.5. The van der Waals surface area contributed by atoms with E-state index in [4.69, 9.17) is 4.55 Å². The van der Waals surface area contributed by atoms with Gasteiger partial charge in [0.05, 0.1) is 0 Å². The second-order valence-electron chi connectivity index (χ2n) is 1.43. The van der Waals surface area contributed by atoms with Gasteiger partial charge in [0.1, 0.15) is 11.5 Å². The van der Waals surface area contributed by atoms with Gasteiger partial charge in [0.15, 0.2) is 0 Å². The fourth-order valence-corrected chi connectivity index (χ4v) is 0.771. The maximum atomic E-state index is 9.92. The first-order valence-corrected chi connectivity index (χ1v) is 3.47. The molecule has 0 fully saturated rings. The summed E-state index contributed by atoms with van der Waals surface area (Å²) in [6.45, 7) is 1.09. The Kier molecular flexibility index (Phi) is 6.43. The zero-order chi connectivity index (χ0) is 6.78. The SMILES string of the molecule is CC(=O)CS(=O)(=O)O.[CaH2]. The quantitative estimate of drug-likeness (QED) is 0.417. The van der Waals surface area contributed by atoms with Gasteiger partial charge in [0.25, 0.3) is 10.1 Å². The number of hydrogen-bond donors (Lipinski definition) is 1. The Bertz CT molecular complexity index is 182. The van der Waals surface area contributed by atoms with Crippen LogP contribution in [-0.2, 0) is 14.9 Å². The molecule has 1 N–H and O–H groups in total. The summed E-state index contributed by atoms with van der Waals surface area (Å²) in [6.07, 6.45) is 0. The van der Waals surface area contributed by atoms with Crippen LogP contribution in [0.1, 0.15) is 6.92 Å². The second kappa shape index (κ2) is 4.62. The van der Waals surface area contributed by atoms with Crippen LogP contribution >= 0.6 is 0 Å². The summed E-state index contributed by atoms with van der Waals surface area (Å²) in [5, 5.41) is 0. The second-order valence-corrected chi connectivity index (χ2v) is 2.88. The van der Waals surface area contributed by atoms with E-state index in [2.05, 4.69) is 0 Å². The van der Waals surface area contributed by atoms with Gasteiger partial charge < -0.3 is 0 Å². The number of Topliss-reactive ketones (excluding diaryl/α,β-unsaturated/α-hetero) is 1. The minimum absolute atomic E-state index is 0. The molecule has 9 heavy (non-hydrogen) atoms. The van der Waals surface area contributed by atoms with Gasteiger partial charge in [0, 0.05) is 0 Å². The zero-order valence-electron chi connectivity index (χ0n) is 4.29. The van der Waals surface area contributed by atoms with Crippen molar-refractivity contribution < 1.29 is 17.8 Å². The number of carbonyl (C=O) groups excluding carboxylic acids is 1. The topological polar surface area (TPSA) is 71.4 Å². The van der Waals surface area contributed by atoms with Gasteiger partial charge in [-0.25, -0.2) is 0 Å². The Morgan fingerprint density at radius 1 is 1.56 bits per heavy atom. The van der Waals surface area contributed by atoms with Crippen LogP contribution in [0, 0.1) is 0 Å². The summed E-state index contributed by atoms with van der Waals surface area (Å²) >= 11 is 0. The molecule has 6 heteroatoms. The van der Waals surface area contributed by atoms with E-state index in [1.54, 1.807) is 0 Å². The normalized spacial score (nSPS) is 10.0. The summed E-state index contributed by atoms with van der Waals surface area (Å²) in [4.78, 5) is 9.92. The standard InChI is InChI=1S/C3H6O4S.Ca.2H/c1-3(4)2-8(5,6)7;;;/h2H2,1H3,(H,5,6,7);;;. The average Bonchev–Trinajstić information content (AvgIpc) is 1.21. The first-order valence-electron chi connectivity index (χ1n) is 1.86. The molecule has 0 heterocycles. The summed E-state index contributed by atoms with van der Waals surface area (Å²) in [5.41, 5.74) is 0. The fraction of sp³-hybridized carbons (Fsp3) is 0.667. The number of hydrogen-bond acceptors (Lipinski definition) is 3. The van der Waals surface area contributed by atoms with Crippen LogP contribution in [0.3, 0.4) is 0 Å². The number of carbonyl (C=O) groups is 1. The summed E-state index contributed by atoms with van der Waals surface area (Å²) in [5.74, 6) is -1.35. The van der Waals surface area contributed by atoms with Gasteiger partial charge in [-0.1, -0.05) is 0 Å². The maximum absolute atomic E-state index is 9.92. The molecular weight excluding hydrogens is 172 g/mol. The van der Waals surface area contributed by atoms with E-state index in [1.165, 1.54) is 0 Å². The van der Waals surface area contributed by atoms with E-state index in [0.29, 0.717) is 0 Å². The van der Waals surface area contributed by atoms with Gasteiger partial charge in [-0.3, -0.25) is 9.35 Å². The Morgan fingerprint density at radius 2 is 1.89 bits per heavy atom. The molecule has 0 aliphatic rings. The molecule has 0 atom stereocenters. The molecule has 0 aromatic heterocycles. The first-order chi connectivity index (χ1) is 3.42. The average molecular weight is 180 g/mol. The molecule has 52 valence electrons. The van der Waals surface area contributed by atoms with E-state index in [9.17, 15) is 13.2 Å². The summed E-state index contributed by atoms with van der Waals surface area (Å²) in [6, 6.07) is 0. The van der Waals surface area contributed by atoms with E-state index in [0.717, 1.165) is 6.92 Å². The monoisotopic (exact) mass is 180 g/mol. The molecule has 0 aliphatic carbocycles. The van der Waals surface area contributed by atoms with E-state index in [1.807, 2.05) is 0 Å². The third-order valence-electron chi connectivity index (χ3n) is 0.386. The van der Waals surface area contributed by atoms with Crippen molar-refractivity contribution in [3.63, 3.8) is 0 Å². The number of rotatable bonds is 2. The molecule has 0 aliphatic heterocycles. The van der Waals surface area contributed by atoms with E-state index >= 15 is 0 Å². The van der Waals surface area contributed by atoms with Crippen molar-refractivity contribution in [1.82, 2.24) is 0 Å². The van der Waals surface area contributed by atoms with Crippen LogP contribution in [0.25, 0.3) is 0 Å². The van der Waals surface area contributed by atoms with E-state index < -0.39 is 21.7 Å². The van der Waals surface area contributed by atoms with Crippen molar-refractivity contribution in [2.45, 2.75) is 6.92 Å². The van der Waals surface area contributed by atoms with Crippen molar-refractivity contribution in [1.29, 1.82) is 0 Å². The molecular formula is C3H8CaO4S. The molecule has 0 aromatic carbocycles. The van der Waals surface area contributed by atoms with Crippen LogP contribution in [-0.4, -0.2) is 62.2 Å². The van der Waals surface area contributed by atoms with Gasteiger partial charge in [0.2, 0.25) is 0 Å². The predicted molar refractivity (Wildman–Crippen MR) is 35.6 cm³/mol. The summed E-state index contributed by atoms with van der Waals surface area (Å²) in [7, 11) is -4.07. The molecule has 4 nitrogen and oxygen atoms in total. The van der Waals surface area contributed by atoms with Crippen molar-refractivity contribution >= 4 is 53.6 Å². The van der Waals surface area contributed by atoms with Gasteiger partial charge in [-0.05, 0) is 6.92 Å². The third kappa shape index (κ3) is 12.1. The van der Waals surface area contributed by atoms with Gasteiger partial charge in [-0.2, -0.15) is 8.42 Å². The van der Waals surface area contributed by atoms with Crippen molar-refractivity contribution in [3.8, 4) is 0 Å². The molecule has 0 radical (unpaired) electrons. The molecule has 0 saturated heterocycles. The molecule has 0 saturated carbocycles. The Labute approximate surface area is 83.4 Å². The molecule has 0 aromatic rings. The Balaban J connectivity index is 0.